The summed E-state index contributed by atoms with van der Waals surface area (Å²) in [5.41, 5.74) is 0.278. The molecule has 1 aromatic carbocycles. The number of amides is 1. The zero-order valence-electron chi connectivity index (χ0n) is 11.1. The summed E-state index contributed by atoms with van der Waals surface area (Å²) in [5, 5.41) is 16.0. The van der Waals surface area contributed by atoms with Crippen molar-refractivity contribution < 1.29 is 14.6 Å². The van der Waals surface area contributed by atoms with Gasteiger partial charge in [-0.15, -0.1) is 0 Å². The third-order valence-electron chi connectivity index (χ3n) is 3.39. The molecule has 1 aromatic rings. The van der Waals surface area contributed by atoms with Gasteiger partial charge in [0, 0.05) is 18.7 Å². The molecule has 0 radical (unpaired) electrons. The van der Waals surface area contributed by atoms with Gasteiger partial charge in [-0.05, 0) is 37.9 Å². The van der Waals surface area contributed by atoms with E-state index in [2.05, 4.69) is 10.6 Å². The number of ether oxygens (including phenoxy) is 1. The van der Waals surface area contributed by atoms with Crippen LogP contribution in [0.25, 0.3) is 0 Å². The molecule has 1 aliphatic heterocycles. The Morgan fingerprint density at radius 2 is 2.42 bits per heavy atom. The van der Waals surface area contributed by atoms with Crippen molar-refractivity contribution in [2.75, 3.05) is 20.2 Å². The number of phenols is 1. The minimum Gasteiger partial charge on any atom is -0.507 e. The summed E-state index contributed by atoms with van der Waals surface area (Å²) in [7, 11) is 1.52. The predicted molar refractivity (Wildman–Crippen MR) is 72.6 cm³/mol. The van der Waals surface area contributed by atoms with Crippen LogP contribution < -0.4 is 15.4 Å². The molecule has 1 fully saturated rings. The molecule has 5 nitrogen and oxygen atoms in total. The first kappa shape index (κ1) is 13.7. The van der Waals surface area contributed by atoms with Crippen molar-refractivity contribution in [1.29, 1.82) is 0 Å². The van der Waals surface area contributed by atoms with Crippen LogP contribution in [0.2, 0.25) is 0 Å². The predicted octanol–water partition coefficient (Wildman–Crippen LogP) is 1.27. The third kappa shape index (κ3) is 3.61. The summed E-state index contributed by atoms with van der Waals surface area (Å²) < 4.78 is 4.98. The number of hydrogen-bond donors (Lipinski definition) is 3. The van der Waals surface area contributed by atoms with Gasteiger partial charge in [-0.1, -0.05) is 0 Å². The van der Waals surface area contributed by atoms with Crippen molar-refractivity contribution in [3.05, 3.63) is 23.8 Å². The Labute approximate surface area is 113 Å². The highest BCUT2D eigenvalue weighted by Gasteiger charge is 2.15. The topological polar surface area (TPSA) is 70.6 Å². The number of aromatic hydroxyl groups is 1. The maximum absolute atomic E-state index is 11.9. The molecule has 2 rings (SSSR count). The fourth-order valence-corrected chi connectivity index (χ4v) is 2.29. The first-order valence-electron chi connectivity index (χ1n) is 6.59. The van der Waals surface area contributed by atoms with E-state index < -0.39 is 0 Å². The fraction of sp³-hybridized carbons (Fsp3) is 0.500. The Bertz CT molecular complexity index is 442. The smallest absolute Gasteiger partial charge is 0.255 e. The van der Waals surface area contributed by atoms with Gasteiger partial charge < -0.3 is 20.5 Å². The highest BCUT2D eigenvalue weighted by Crippen LogP contribution is 2.23. The van der Waals surface area contributed by atoms with E-state index in [1.165, 1.54) is 26.0 Å². The average Bonchev–Trinajstić information content (AvgIpc) is 2.91. The molecule has 1 atom stereocenters. The molecule has 1 heterocycles. The molecule has 0 unspecified atom stereocenters. The van der Waals surface area contributed by atoms with E-state index in [0.29, 0.717) is 18.3 Å². The van der Waals surface area contributed by atoms with E-state index in [1.54, 1.807) is 12.1 Å². The molecule has 104 valence electrons. The van der Waals surface area contributed by atoms with Crippen molar-refractivity contribution in [2.45, 2.75) is 25.3 Å². The Hall–Kier alpha value is -1.75. The maximum Gasteiger partial charge on any atom is 0.255 e. The van der Waals surface area contributed by atoms with Crippen LogP contribution in [0.5, 0.6) is 11.5 Å². The van der Waals surface area contributed by atoms with Crippen LogP contribution in [-0.2, 0) is 0 Å². The molecule has 0 aromatic heterocycles. The molecular formula is C14H20N2O3. The SMILES string of the molecule is COc1ccc(C(=O)NCC[C@H]2CCCN2)c(O)c1. The van der Waals surface area contributed by atoms with Gasteiger partial charge in [0.05, 0.1) is 12.7 Å². The summed E-state index contributed by atoms with van der Waals surface area (Å²) in [5.74, 6) is 0.221. The number of nitrogens with one attached hydrogen (secondary N) is 2. The van der Waals surface area contributed by atoms with Crippen LogP contribution in [0, 0.1) is 0 Å². The van der Waals surface area contributed by atoms with Crippen molar-refractivity contribution in [2.24, 2.45) is 0 Å². The van der Waals surface area contributed by atoms with E-state index in [-0.39, 0.29) is 17.2 Å². The lowest BCUT2D eigenvalue weighted by molar-refractivity contribution is 0.0949. The van der Waals surface area contributed by atoms with Gasteiger partial charge in [-0.3, -0.25) is 4.79 Å². The molecule has 19 heavy (non-hydrogen) atoms. The highest BCUT2D eigenvalue weighted by molar-refractivity contribution is 5.96. The van der Waals surface area contributed by atoms with E-state index in [0.717, 1.165) is 13.0 Å². The highest BCUT2D eigenvalue weighted by atomic mass is 16.5. The van der Waals surface area contributed by atoms with Crippen LogP contribution in [-0.4, -0.2) is 37.3 Å². The lowest BCUT2D eigenvalue weighted by Gasteiger charge is -2.11. The Morgan fingerprint density at radius 3 is 3.05 bits per heavy atom. The number of methoxy groups -OCH3 is 1. The maximum atomic E-state index is 11.9. The summed E-state index contributed by atoms with van der Waals surface area (Å²) >= 11 is 0. The van der Waals surface area contributed by atoms with E-state index in [9.17, 15) is 9.90 Å². The number of phenolic OH excluding ortho intramolecular Hbond substituents is 1. The molecule has 1 saturated heterocycles. The Balaban J connectivity index is 1.85. The molecule has 1 aliphatic rings. The number of carbonyl (C=O) groups is 1. The summed E-state index contributed by atoms with van der Waals surface area (Å²) in [6.45, 7) is 1.68. The largest absolute Gasteiger partial charge is 0.507 e. The molecule has 0 saturated carbocycles. The number of hydrogen-bond acceptors (Lipinski definition) is 4. The van der Waals surface area contributed by atoms with Gasteiger partial charge in [0.25, 0.3) is 5.91 Å². The minimum atomic E-state index is -0.252. The number of rotatable bonds is 5. The molecule has 5 heteroatoms. The van der Waals surface area contributed by atoms with E-state index in [1.807, 2.05) is 0 Å². The molecule has 0 bridgehead atoms. The zero-order chi connectivity index (χ0) is 13.7. The summed E-state index contributed by atoms with van der Waals surface area (Å²) in [4.78, 5) is 11.9. The quantitative estimate of drug-likeness (QED) is 0.749. The van der Waals surface area contributed by atoms with E-state index >= 15 is 0 Å². The minimum absolute atomic E-state index is 0.0594. The standard InChI is InChI=1S/C14H20N2O3/c1-19-11-4-5-12(13(17)9-11)14(18)16-8-6-10-3-2-7-15-10/h4-5,9-10,15,17H,2-3,6-8H2,1H3,(H,16,18)/t10-/m1/s1. The van der Waals surface area contributed by atoms with Crippen LogP contribution in [0.4, 0.5) is 0 Å². The van der Waals surface area contributed by atoms with Crippen LogP contribution in [0.1, 0.15) is 29.6 Å². The zero-order valence-corrected chi connectivity index (χ0v) is 11.1. The van der Waals surface area contributed by atoms with Crippen LogP contribution >= 0.6 is 0 Å². The van der Waals surface area contributed by atoms with Gasteiger partial charge in [0.2, 0.25) is 0 Å². The number of carbonyl (C=O) groups excluding carboxylic acids is 1. The number of benzene rings is 1. The third-order valence-corrected chi connectivity index (χ3v) is 3.39. The van der Waals surface area contributed by atoms with Gasteiger partial charge in [0.15, 0.2) is 0 Å². The van der Waals surface area contributed by atoms with Crippen molar-refractivity contribution in [3.63, 3.8) is 0 Å². The van der Waals surface area contributed by atoms with Crippen molar-refractivity contribution >= 4 is 5.91 Å². The second-order valence-corrected chi connectivity index (χ2v) is 4.72. The lowest BCUT2D eigenvalue weighted by atomic mass is 10.1. The van der Waals surface area contributed by atoms with E-state index in [4.69, 9.17) is 4.74 Å². The Morgan fingerprint density at radius 1 is 1.58 bits per heavy atom. The van der Waals surface area contributed by atoms with Gasteiger partial charge >= 0.3 is 0 Å². The van der Waals surface area contributed by atoms with Crippen LogP contribution in [0.15, 0.2) is 18.2 Å². The van der Waals surface area contributed by atoms with Gasteiger partial charge in [0.1, 0.15) is 11.5 Å². The first-order valence-corrected chi connectivity index (χ1v) is 6.59. The Kier molecular flexibility index (Phi) is 4.63. The lowest BCUT2D eigenvalue weighted by Crippen LogP contribution is -2.30. The summed E-state index contributed by atoms with van der Waals surface area (Å²) in [6, 6.07) is 5.17. The molecule has 0 aliphatic carbocycles. The van der Waals surface area contributed by atoms with Crippen LogP contribution in [0.3, 0.4) is 0 Å². The monoisotopic (exact) mass is 264 g/mol. The molecule has 3 N–H and O–H groups in total. The van der Waals surface area contributed by atoms with Gasteiger partial charge in [-0.2, -0.15) is 0 Å². The average molecular weight is 264 g/mol. The second-order valence-electron chi connectivity index (χ2n) is 4.72. The fourth-order valence-electron chi connectivity index (χ4n) is 2.29. The molecule has 1 amide bonds. The van der Waals surface area contributed by atoms with Crippen molar-refractivity contribution in [3.8, 4) is 11.5 Å². The first-order chi connectivity index (χ1) is 9.20. The summed E-state index contributed by atoms with van der Waals surface area (Å²) in [6.07, 6.45) is 3.30. The molecule has 0 spiro atoms. The molecular weight excluding hydrogens is 244 g/mol. The normalized spacial score (nSPS) is 18.3. The second kappa shape index (κ2) is 6.43. The van der Waals surface area contributed by atoms with Gasteiger partial charge in [-0.25, -0.2) is 0 Å². The van der Waals surface area contributed by atoms with Crippen molar-refractivity contribution in [1.82, 2.24) is 10.6 Å².